The Balaban J connectivity index is 0.000000360. The van der Waals surface area contributed by atoms with Gasteiger partial charge in [0.1, 0.15) is 0 Å². The number of rotatable bonds is 1. The summed E-state index contributed by atoms with van der Waals surface area (Å²) >= 11 is 1.52. The molecule has 12 heteroatoms. The molecule has 8 nitrogen and oxygen atoms in total. The Morgan fingerprint density at radius 2 is 1.91 bits per heavy atom. The highest BCUT2D eigenvalue weighted by atomic mass is 32.1. The molecule has 2 aromatic rings. The average molecular weight is 470 g/mol. The SMILES string of the molecule is CN(C)C(=O)N1CCC2(C1)CN(C(=O)c1ccsc1)c1cccnc12.O=C(O)C(F)(F)F. The third-order valence-electron chi connectivity index (χ3n) is 5.30. The summed E-state index contributed by atoms with van der Waals surface area (Å²) in [6.45, 7) is 1.86. The summed E-state index contributed by atoms with van der Waals surface area (Å²) in [5.74, 6) is -2.75. The second-order valence-electron chi connectivity index (χ2n) is 7.71. The Labute approximate surface area is 185 Å². The van der Waals surface area contributed by atoms with Crippen molar-refractivity contribution >= 4 is 34.9 Å². The first-order valence-corrected chi connectivity index (χ1v) is 10.5. The van der Waals surface area contributed by atoms with Crippen LogP contribution in [0.5, 0.6) is 0 Å². The van der Waals surface area contributed by atoms with Crippen molar-refractivity contribution in [3.8, 4) is 0 Å². The molecule has 1 fully saturated rings. The van der Waals surface area contributed by atoms with Crippen molar-refractivity contribution in [2.24, 2.45) is 0 Å². The molecule has 0 saturated carbocycles. The molecule has 0 aliphatic carbocycles. The molecular formula is C20H21F3N4O4S. The van der Waals surface area contributed by atoms with Crippen LogP contribution in [0.15, 0.2) is 35.2 Å². The number of fused-ring (bicyclic) bond motifs is 2. The lowest BCUT2D eigenvalue weighted by molar-refractivity contribution is -0.192. The normalized spacial score (nSPS) is 19.4. The van der Waals surface area contributed by atoms with Gasteiger partial charge in [-0.05, 0) is 30.0 Å². The largest absolute Gasteiger partial charge is 0.490 e. The first kappa shape index (κ1) is 23.5. The van der Waals surface area contributed by atoms with Crippen molar-refractivity contribution in [2.75, 3.05) is 38.6 Å². The van der Waals surface area contributed by atoms with Crippen LogP contribution in [0.4, 0.5) is 23.7 Å². The van der Waals surface area contributed by atoms with E-state index in [1.165, 1.54) is 11.3 Å². The molecule has 1 unspecified atom stereocenters. The predicted octanol–water partition coefficient (Wildman–Crippen LogP) is 3.06. The number of thiophene rings is 1. The minimum Gasteiger partial charge on any atom is -0.475 e. The molecule has 3 amide bonds. The van der Waals surface area contributed by atoms with Gasteiger partial charge in [0.2, 0.25) is 0 Å². The molecule has 172 valence electrons. The number of hydrogen-bond acceptors (Lipinski definition) is 5. The number of aliphatic carboxylic acids is 1. The van der Waals surface area contributed by atoms with Gasteiger partial charge in [0, 0.05) is 45.3 Å². The summed E-state index contributed by atoms with van der Waals surface area (Å²) in [5.41, 5.74) is 2.25. The second-order valence-corrected chi connectivity index (χ2v) is 8.49. The van der Waals surface area contributed by atoms with Gasteiger partial charge < -0.3 is 19.8 Å². The molecule has 0 aromatic carbocycles. The Morgan fingerprint density at radius 3 is 2.47 bits per heavy atom. The number of carbonyl (C=O) groups is 3. The zero-order valence-electron chi connectivity index (χ0n) is 17.3. The fourth-order valence-corrected chi connectivity index (χ4v) is 4.48. The van der Waals surface area contributed by atoms with Crippen LogP contribution in [0.1, 0.15) is 22.5 Å². The first-order chi connectivity index (χ1) is 15.0. The number of aromatic nitrogens is 1. The highest BCUT2D eigenvalue weighted by Gasteiger charge is 2.51. The molecule has 4 heterocycles. The van der Waals surface area contributed by atoms with Gasteiger partial charge in [0.05, 0.1) is 22.4 Å². The van der Waals surface area contributed by atoms with Crippen molar-refractivity contribution in [1.82, 2.24) is 14.8 Å². The Kier molecular flexibility index (Phi) is 6.44. The Morgan fingerprint density at radius 1 is 1.22 bits per heavy atom. The molecule has 1 spiro atoms. The average Bonchev–Trinajstić information content (AvgIpc) is 3.47. The minimum absolute atomic E-state index is 0.00441. The van der Waals surface area contributed by atoms with E-state index in [4.69, 9.17) is 9.90 Å². The van der Waals surface area contributed by atoms with Crippen LogP contribution in [0.2, 0.25) is 0 Å². The van der Waals surface area contributed by atoms with Crippen LogP contribution >= 0.6 is 11.3 Å². The van der Waals surface area contributed by atoms with Crippen molar-refractivity contribution in [1.29, 1.82) is 0 Å². The number of pyridine rings is 1. The van der Waals surface area contributed by atoms with Gasteiger partial charge in [-0.25, -0.2) is 9.59 Å². The van der Waals surface area contributed by atoms with E-state index in [2.05, 4.69) is 4.98 Å². The number of urea groups is 1. The topological polar surface area (TPSA) is 94.1 Å². The number of alkyl halides is 3. The van der Waals surface area contributed by atoms with E-state index in [1.807, 2.05) is 38.8 Å². The van der Waals surface area contributed by atoms with Crippen molar-refractivity contribution in [3.63, 3.8) is 0 Å². The Bertz CT molecular complexity index is 1010. The quantitative estimate of drug-likeness (QED) is 0.692. The molecule has 2 aliphatic rings. The minimum atomic E-state index is -5.08. The van der Waals surface area contributed by atoms with E-state index in [0.29, 0.717) is 25.2 Å². The van der Waals surface area contributed by atoms with Crippen LogP contribution in [0, 0.1) is 0 Å². The fraction of sp³-hybridized carbons (Fsp3) is 0.400. The van der Waals surface area contributed by atoms with Crippen LogP contribution < -0.4 is 4.90 Å². The van der Waals surface area contributed by atoms with E-state index in [1.54, 1.807) is 25.2 Å². The van der Waals surface area contributed by atoms with E-state index in [0.717, 1.165) is 17.8 Å². The van der Waals surface area contributed by atoms with Crippen molar-refractivity contribution in [3.05, 3.63) is 46.4 Å². The summed E-state index contributed by atoms with van der Waals surface area (Å²) in [7, 11) is 3.53. The number of anilines is 1. The van der Waals surface area contributed by atoms with Crippen molar-refractivity contribution < 1.29 is 32.7 Å². The van der Waals surface area contributed by atoms with E-state index >= 15 is 0 Å². The van der Waals surface area contributed by atoms with Gasteiger partial charge in [-0.3, -0.25) is 9.78 Å². The molecule has 1 saturated heterocycles. The molecule has 2 aromatic heterocycles. The third-order valence-corrected chi connectivity index (χ3v) is 5.99. The highest BCUT2D eigenvalue weighted by molar-refractivity contribution is 7.08. The van der Waals surface area contributed by atoms with E-state index < -0.39 is 12.1 Å². The van der Waals surface area contributed by atoms with Crippen LogP contribution in [-0.4, -0.2) is 77.7 Å². The number of hydrogen-bond donors (Lipinski definition) is 1. The number of likely N-dealkylation sites (tertiary alicyclic amines) is 1. The lowest BCUT2D eigenvalue weighted by Gasteiger charge is -2.26. The molecule has 4 rings (SSSR count). The number of carbonyl (C=O) groups excluding carboxylic acids is 2. The smallest absolute Gasteiger partial charge is 0.475 e. The molecule has 0 radical (unpaired) electrons. The van der Waals surface area contributed by atoms with Gasteiger partial charge in [0.15, 0.2) is 0 Å². The van der Waals surface area contributed by atoms with Gasteiger partial charge in [0.25, 0.3) is 5.91 Å². The van der Waals surface area contributed by atoms with Gasteiger partial charge in [-0.15, -0.1) is 0 Å². The standard InChI is InChI=1S/C18H20N4O2S.C2HF3O2/c1-20(2)17(24)21-8-6-18(11-21)12-22(14-4-3-7-19-15(14)18)16(23)13-5-9-25-10-13;3-2(4,5)1(6)7/h3-5,7,9-10H,6,8,11-12H2,1-2H3;(H,6,7). The predicted molar refractivity (Wildman–Crippen MR) is 111 cm³/mol. The van der Waals surface area contributed by atoms with Crippen LogP contribution in [-0.2, 0) is 10.2 Å². The second kappa shape index (κ2) is 8.77. The summed E-state index contributed by atoms with van der Waals surface area (Å²) in [5, 5.41) is 10.9. The van der Waals surface area contributed by atoms with E-state index in [9.17, 15) is 22.8 Å². The fourth-order valence-electron chi connectivity index (χ4n) is 3.85. The van der Waals surface area contributed by atoms with Crippen molar-refractivity contribution in [2.45, 2.75) is 18.0 Å². The maximum atomic E-state index is 13.0. The molecule has 1 atom stereocenters. The third kappa shape index (κ3) is 4.54. The number of amides is 3. The highest BCUT2D eigenvalue weighted by Crippen LogP contribution is 2.45. The molecule has 2 aliphatic heterocycles. The summed E-state index contributed by atoms with van der Waals surface area (Å²) < 4.78 is 31.7. The molecular weight excluding hydrogens is 449 g/mol. The summed E-state index contributed by atoms with van der Waals surface area (Å²) in [6.07, 6.45) is -2.49. The maximum Gasteiger partial charge on any atom is 0.490 e. The molecule has 0 bridgehead atoms. The lowest BCUT2D eigenvalue weighted by Crippen LogP contribution is -2.42. The molecule has 32 heavy (non-hydrogen) atoms. The summed E-state index contributed by atoms with van der Waals surface area (Å²) in [4.78, 5) is 44.1. The number of carboxylic acid groups (broad SMARTS) is 1. The molecule has 1 N–H and O–H groups in total. The first-order valence-electron chi connectivity index (χ1n) is 9.52. The van der Waals surface area contributed by atoms with Crippen LogP contribution in [0.3, 0.4) is 0 Å². The van der Waals surface area contributed by atoms with E-state index in [-0.39, 0.29) is 17.4 Å². The van der Waals surface area contributed by atoms with Gasteiger partial charge in [-0.2, -0.15) is 24.5 Å². The van der Waals surface area contributed by atoms with Gasteiger partial charge in [-0.1, -0.05) is 0 Å². The van der Waals surface area contributed by atoms with Crippen LogP contribution in [0.25, 0.3) is 0 Å². The summed E-state index contributed by atoms with van der Waals surface area (Å²) in [6, 6.07) is 5.68. The number of carboxylic acids is 1. The number of halogens is 3. The zero-order chi connectivity index (χ0) is 23.7. The zero-order valence-corrected chi connectivity index (χ0v) is 18.1. The monoisotopic (exact) mass is 470 g/mol. The maximum absolute atomic E-state index is 13.0. The number of nitrogens with zero attached hydrogens (tertiary/aromatic N) is 4. The lowest BCUT2D eigenvalue weighted by atomic mass is 9.85. The Hall–Kier alpha value is -3.15. The van der Waals surface area contributed by atoms with Gasteiger partial charge >= 0.3 is 18.2 Å².